The molecule has 0 amide bonds. The molecule has 2 atom stereocenters. The number of ether oxygens (including phenoxy) is 2. The van der Waals surface area contributed by atoms with Gasteiger partial charge in [0, 0.05) is 5.70 Å². The number of carbonyl (C=O) groups is 1. The van der Waals surface area contributed by atoms with Crippen LogP contribution in [-0.2, 0) is 9.53 Å². The van der Waals surface area contributed by atoms with Crippen LogP contribution in [-0.4, -0.2) is 24.8 Å². The molecule has 118 valence electrons. The van der Waals surface area contributed by atoms with Crippen LogP contribution < -0.4 is 15.4 Å². The van der Waals surface area contributed by atoms with Crippen molar-refractivity contribution in [2.75, 3.05) is 13.7 Å². The number of rotatable bonds is 5. The number of hydrogen-bond acceptors (Lipinski definition) is 4. The van der Waals surface area contributed by atoms with Crippen LogP contribution in [0.25, 0.3) is 0 Å². The van der Waals surface area contributed by atoms with Gasteiger partial charge in [0.15, 0.2) is 5.11 Å². The van der Waals surface area contributed by atoms with Crippen molar-refractivity contribution < 1.29 is 14.3 Å². The summed E-state index contributed by atoms with van der Waals surface area (Å²) >= 11 is 5.16. The Kier molecular flexibility index (Phi) is 5.38. The largest absolute Gasteiger partial charge is 0.494 e. The van der Waals surface area contributed by atoms with E-state index < -0.39 is 5.92 Å². The molecular formula is C16H20N2O3S. The highest BCUT2D eigenvalue weighted by Crippen LogP contribution is 2.31. The zero-order valence-electron chi connectivity index (χ0n) is 12.7. The highest BCUT2D eigenvalue weighted by atomic mass is 32.1. The van der Waals surface area contributed by atoms with Crippen LogP contribution in [0.4, 0.5) is 0 Å². The second-order valence-electron chi connectivity index (χ2n) is 5.02. The van der Waals surface area contributed by atoms with Crippen molar-refractivity contribution in [2.45, 2.75) is 19.4 Å². The third-order valence-electron chi connectivity index (χ3n) is 3.44. The van der Waals surface area contributed by atoms with E-state index in [0.29, 0.717) is 17.4 Å². The molecule has 6 heteroatoms. The molecule has 2 rings (SSSR count). The molecule has 1 fully saturated rings. The average Bonchev–Trinajstić information content (AvgIpc) is 2.52. The molecule has 1 aliphatic rings. The Morgan fingerprint density at radius 3 is 2.64 bits per heavy atom. The van der Waals surface area contributed by atoms with Crippen LogP contribution in [0, 0.1) is 5.92 Å². The number of hydrogen-bond donors (Lipinski definition) is 2. The SMILES string of the molecule is C=C1NC(=S)N[C@H](c2ccc(OCCC)cc2)[C@@H]1C(=O)OC. The molecule has 0 radical (unpaired) electrons. The zero-order valence-corrected chi connectivity index (χ0v) is 13.5. The predicted octanol–water partition coefficient (Wildman–Crippen LogP) is 2.30. The number of carbonyl (C=O) groups excluding carboxylic acids is 1. The highest BCUT2D eigenvalue weighted by molar-refractivity contribution is 7.80. The van der Waals surface area contributed by atoms with Gasteiger partial charge < -0.3 is 20.1 Å². The maximum atomic E-state index is 12.0. The minimum Gasteiger partial charge on any atom is -0.494 e. The summed E-state index contributed by atoms with van der Waals surface area (Å²) in [5, 5.41) is 6.44. The molecule has 1 aliphatic heterocycles. The summed E-state index contributed by atoms with van der Waals surface area (Å²) in [6.07, 6.45) is 0.954. The molecular weight excluding hydrogens is 300 g/mol. The molecule has 1 heterocycles. The summed E-state index contributed by atoms with van der Waals surface area (Å²) in [6, 6.07) is 7.29. The van der Waals surface area contributed by atoms with Crippen molar-refractivity contribution in [1.82, 2.24) is 10.6 Å². The van der Waals surface area contributed by atoms with E-state index in [2.05, 4.69) is 24.1 Å². The molecule has 0 aromatic heterocycles. The smallest absolute Gasteiger partial charge is 0.317 e. The number of methoxy groups -OCH3 is 1. The highest BCUT2D eigenvalue weighted by Gasteiger charge is 2.37. The van der Waals surface area contributed by atoms with E-state index in [9.17, 15) is 4.79 Å². The van der Waals surface area contributed by atoms with Crippen LogP contribution in [0.2, 0.25) is 0 Å². The fourth-order valence-electron chi connectivity index (χ4n) is 2.36. The first-order chi connectivity index (χ1) is 10.6. The van der Waals surface area contributed by atoms with E-state index in [4.69, 9.17) is 21.7 Å². The Morgan fingerprint density at radius 2 is 2.05 bits per heavy atom. The number of benzene rings is 1. The zero-order chi connectivity index (χ0) is 16.1. The molecule has 0 spiro atoms. The average molecular weight is 320 g/mol. The van der Waals surface area contributed by atoms with Gasteiger partial charge in [-0.25, -0.2) is 0 Å². The van der Waals surface area contributed by atoms with E-state index in [1.807, 2.05) is 24.3 Å². The minimum atomic E-state index is -0.542. The molecule has 0 unspecified atom stereocenters. The van der Waals surface area contributed by atoms with Gasteiger partial charge in [0.1, 0.15) is 11.7 Å². The molecule has 1 aromatic carbocycles. The summed E-state index contributed by atoms with van der Waals surface area (Å²) in [5.41, 5.74) is 1.45. The van der Waals surface area contributed by atoms with Gasteiger partial charge in [-0.15, -0.1) is 0 Å². The summed E-state index contributed by atoms with van der Waals surface area (Å²) in [5.74, 6) is -0.0986. The quantitative estimate of drug-likeness (QED) is 0.641. The van der Waals surface area contributed by atoms with Crippen LogP contribution in [0.1, 0.15) is 24.9 Å². The van der Waals surface area contributed by atoms with Crippen molar-refractivity contribution in [3.8, 4) is 5.75 Å². The van der Waals surface area contributed by atoms with E-state index in [0.717, 1.165) is 17.7 Å². The Hall–Kier alpha value is -2.08. The fraction of sp³-hybridized carbons (Fsp3) is 0.375. The Morgan fingerprint density at radius 1 is 1.36 bits per heavy atom. The van der Waals surface area contributed by atoms with Crippen LogP contribution in [0.15, 0.2) is 36.5 Å². The molecule has 0 bridgehead atoms. The predicted molar refractivity (Wildman–Crippen MR) is 88.5 cm³/mol. The van der Waals surface area contributed by atoms with Gasteiger partial charge in [-0.1, -0.05) is 25.6 Å². The first-order valence-corrected chi connectivity index (χ1v) is 7.54. The van der Waals surface area contributed by atoms with Gasteiger partial charge >= 0.3 is 5.97 Å². The Labute approximate surface area is 135 Å². The maximum absolute atomic E-state index is 12.0. The summed E-state index contributed by atoms with van der Waals surface area (Å²) < 4.78 is 10.4. The summed E-state index contributed by atoms with van der Waals surface area (Å²) in [7, 11) is 1.36. The van der Waals surface area contributed by atoms with E-state index in [1.54, 1.807) is 0 Å². The lowest BCUT2D eigenvalue weighted by Crippen LogP contribution is -2.50. The van der Waals surface area contributed by atoms with Crippen molar-refractivity contribution in [3.63, 3.8) is 0 Å². The molecule has 2 N–H and O–H groups in total. The van der Waals surface area contributed by atoms with Crippen LogP contribution in [0.5, 0.6) is 5.75 Å². The van der Waals surface area contributed by atoms with Crippen LogP contribution >= 0.6 is 12.2 Å². The lowest BCUT2D eigenvalue weighted by molar-refractivity contribution is -0.145. The van der Waals surface area contributed by atoms with Crippen LogP contribution in [0.3, 0.4) is 0 Å². The molecule has 1 saturated heterocycles. The fourth-order valence-corrected chi connectivity index (χ4v) is 2.62. The molecule has 0 aliphatic carbocycles. The first kappa shape index (κ1) is 16.3. The Bertz CT molecular complexity index is 571. The number of nitrogens with one attached hydrogen (secondary N) is 2. The minimum absolute atomic E-state index is 0.311. The van der Waals surface area contributed by atoms with Crippen molar-refractivity contribution in [1.29, 1.82) is 0 Å². The van der Waals surface area contributed by atoms with Crippen molar-refractivity contribution in [3.05, 3.63) is 42.1 Å². The maximum Gasteiger partial charge on any atom is 0.317 e. The monoisotopic (exact) mass is 320 g/mol. The van der Waals surface area contributed by atoms with Gasteiger partial charge in [-0.3, -0.25) is 4.79 Å². The van der Waals surface area contributed by atoms with Gasteiger partial charge in [-0.2, -0.15) is 0 Å². The summed E-state index contributed by atoms with van der Waals surface area (Å²) in [6.45, 7) is 6.62. The van der Waals surface area contributed by atoms with Gasteiger partial charge in [0.05, 0.1) is 19.8 Å². The lowest BCUT2D eigenvalue weighted by atomic mass is 9.89. The lowest BCUT2D eigenvalue weighted by Gasteiger charge is -2.34. The second kappa shape index (κ2) is 7.26. The number of thiocarbonyl (C=S) groups is 1. The molecule has 22 heavy (non-hydrogen) atoms. The van der Waals surface area contributed by atoms with Gasteiger partial charge in [0.2, 0.25) is 0 Å². The van der Waals surface area contributed by atoms with Crippen molar-refractivity contribution in [2.24, 2.45) is 5.92 Å². The van der Waals surface area contributed by atoms with Gasteiger partial charge in [0.25, 0.3) is 0 Å². The second-order valence-corrected chi connectivity index (χ2v) is 5.43. The van der Waals surface area contributed by atoms with E-state index in [-0.39, 0.29) is 12.0 Å². The van der Waals surface area contributed by atoms with E-state index in [1.165, 1.54) is 7.11 Å². The molecule has 0 saturated carbocycles. The standard InChI is InChI=1S/C16H20N2O3S/c1-4-9-21-12-7-5-11(6-8-12)14-13(15(19)20-3)10(2)17-16(22)18-14/h5-8,13-14H,2,4,9H2,1,3H3,(H2,17,18,22)/t13-,14-/m1/s1. The molecule has 5 nitrogen and oxygen atoms in total. The summed E-state index contributed by atoms with van der Waals surface area (Å²) in [4.78, 5) is 12.0. The Balaban J connectivity index is 2.24. The number of esters is 1. The molecule has 1 aromatic rings. The third kappa shape index (κ3) is 3.57. The third-order valence-corrected chi connectivity index (χ3v) is 3.66. The van der Waals surface area contributed by atoms with E-state index >= 15 is 0 Å². The van der Waals surface area contributed by atoms with Crippen molar-refractivity contribution >= 4 is 23.3 Å². The first-order valence-electron chi connectivity index (χ1n) is 7.13. The topological polar surface area (TPSA) is 59.6 Å². The van der Waals surface area contributed by atoms with Gasteiger partial charge in [-0.05, 0) is 36.3 Å². The normalized spacial score (nSPS) is 20.8.